The first kappa shape index (κ1) is 14.0. The number of thiazole rings is 1. The molecule has 3 rings (SSSR count). The first-order valence-electron chi connectivity index (χ1n) is 5.46. The number of rotatable bonds is 3. The van der Waals surface area contributed by atoms with E-state index in [2.05, 4.69) is 29.6 Å². The van der Waals surface area contributed by atoms with Crippen molar-refractivity contribution in [3.05, 3.63) is 26.8 Å². The van der Waals surface area contributed by atoms with E-state index in [1.54, 1.807) is 0 Å². The van der Waals surface area contributed by atoms with Crippen molar-refractivity contribution in [1.82, 2.24) is 24.9 Å². The minimum Gasteiger partial charge on any atom is -0.341 e. The number of nitrogens with zero attached hydrogens (tertiary/aromatic N) is 3. The smallest absolute Gasteiger partial charge is 0.306 e. The summed E-state index contributed by atoms with van der Waals surface area (Å²) in [6, 6.07) is 0. The zero-order valence-electron chi connectivity index (χ0n) is 10.3. The van der Waals surface area contributed by atoms with Gasteiger partial charge in [0.15, 0.2) is 15.0 Å². The SMILES string of the molecule is Cc1[nH]c(=O)sc1S(=O)(=O)Nc1nc(Cl)c2[nH]cnc2n1. The first-order valence-corrected chi connectivity index (χ1v) is 8.14. The highest BCUT2D eigenvalue weighted by atomic mass is 35.5. The van der Waals surface area contributed by atoms with Crippen LogP contribution >= 0.6 is 22.9 Å². The lowest BCUT2D eigenvalue weighted by molar-refractivity contribution is 0.602. The van der Waals surface area contributed by atoms with E-state index >= 15 is 0 Å². The highest BCUT2D eigenvalue weighted by Gasteiger charge is 2.22. The normalized spacial score (nSPS) is 11.9. The summed E-state index contributed by atoms with van der Waals surface area (Å²) >= 11 is 6.48. The van der Waals surface area contributed by atoms with Crippen LogP contribution in [0.15, 0.2) is 15.3 Å². The second-order valence-corrected chi connectivity index (χ2v) is 7.19. The number of imidazole rings is 1. The Labute approximate surface area is 126 Å². The first-order chi connectivity index (χ1) is 9.87. The third-order valence-electron chi connectivity index (χ3n) is 2.49. The van der Waals surface area contributed by atoms with Crippen LogP contribution in [0.3, 0.4) is 0 Å². The average Bonchev–Trinajstić information content (AvgIpc) is 2.95. The zero-order valence-corrected chi connectivity index (χ0v) is 12.7. The molecule has 0 amide bonds. The molecule has 21 heavy (non-hydrogen) atoms. The van der Waals surface area contributed by atoms with E-state index in [4.69, 9.17) is 11.6 Å². The van der Waals surface area contributed by atoms with Crippen molar-refractivity contribution in [2.24, 2.45) is 0 Å². The van der Waals surface area contributed by atoms with E-state index in [1.165, 1.54) is 13.3 Å². The Morgan fingerprint density at radius 3 is 2.81 bits per heavy atom. The molecule has 3 N–H and O–H groups in total. The number of nitrogens with one attached hydrogen (secondary N) is 3. The van der Waals surface area contributed by atoms with E-state index < -0.39 is 14.9 Å². The highest BCUT2D eigenvalue weighted by Crippen LogP contribution is 2.22. The summed E-state index contributed by atoms with van der Waals surface area (Å²) in [5, 5.41) is 0.0363. The molecule has 9 nitrogen and oxygen atoms in total. The maximum atomic E-state index is 12.2. The van der Waals surface area contributed by atoms with Crippen molar-refractivity contribution in [3.63, 3.8) is 0 Å². The van der Waals surface area contributed by atoms with E-state index in [-0.39, 0.29) is 26.7 Å². The Morgan fingerprint density at radius 2 is 2.14 bits per heavy atom. The highest BCUT2D eigenvalue weighted by molar-refractivity contribution is 7.94. The predicted octanol–water partition coefficient (Wildman–Crippen LogP) is 0.865. The van der Waals surface area contributed by atoms with E-state index in [9.17, 15) is 13.2 Å². The van der Waals surface area contributed by atoms with Crippen molar-refractivity contribution in [1.29, 1.82) is 0 Å². The number of fused-ring (bicyclic) bond motifs is 1. The third-order valence-corrected chi connectivity index (χ3v) is 5.70. The topological polar surface area (TPSA) is 133 Å². The predicted molar refractivity (Wildman–Crippen MR) is 77.2 cm³/mol. The molecule has 0 spiro atoms. The van der Waals surface area contributed by atoms with Gasteiger partial charge in [-0.1, -0.05) is 22.9 Å². The molecule has 12 heteroatoms. The molecular formula is C9H7ClN6O3S2. The summed E-state index contributed by atoms with van der Waals surface area (Å²) in [6.45, 7) is 1.48. The molecule has 0 fully saturated rings. The van der Waals surface area contributed by atoms with Crippen LogP contribution in [0.4, 0.5) is 5.95 Å². The van der Waals surface area contributed by atoms with Crippen molar-refractivity contribution >= 4 is 50.1 Å². The molecule has 0 aromatic carbocycles. The van der Waals surface area contributed by atoms with Gasteiger partial charge in [-0.25, -0.2) is 18.1 Å². The van der Waals surface area contributed by atoms with Gasteiger partial charge in [-0.2, -0.15) is 9.97 Å². The van der Waals surface area contributed by atoms with Gasteiger partial charge in [0.25, 0.3) is 10.0 Å². The lowest BCUT2D eigenvalue weighted by Crippen LogP contribution is -2.15. The number of anilines is 1. The molecule has 0 saturated heterocycles. The zero-order chi connectivity index (χ0) is 15.2. The molecule has 0 atom stereocenters. The minimum absolute atomic E-state index is 0.0363. The van der Waals surface area contributed by atoms with Crippen LogP contribution in [-0.4, -0.2) is 33.3 Å². The Kier molecular flexibility index (Phi) is 3.19. The van der Waals surface area contributed by atoms with Crippen LogP contribution in [0.1, 0.15) is 5.69 Å². The molecule has 0 aliphatic heterocycles. The van der Waals surface area contributed by atoms with Gasteiger partial charge >= 0.3 is 4.87 Å². The maximum absolute atomic E-state index is 12.2. The number of hydrogen-bond acceptors (Lipinski definition) is 7. The Balaban J connectivity index is 2.05. The van der Waals surface area contributed by atoms with E-state index in [0.717, 1.165) is 0 Å². The molecule has 0 bridgehead atoms. The quantitative estimate of drug-likeness (QED) is 0.602. The number of sulfonamides is 1. The maximum Gasteiger partial charge on any atom is 0.306 e. The van der Waals surface area contributed by atoms with Gasteiger partial charge in [-0.05, 0) is 6.92 Å². The molecule has 0 unspecified atom stereocenters. The van der Waals surface area contributed by atoms with Gasteiger partial charge in [0, 0.05) is 5.69 Å². The molecule has 0 aliphatic rings. The molecule has 0 aliphatic carbocycles. The van der Waals surface area contributed by atoms with Gasteiger partial charge in [0.05, 0.1) is 6.33 Å². The van der Waals surface area contributed by atoms with Crippen molar-refractivity contribution < 1.29 is 8.42 Å². The van der Waals surface area contributed by atoms with Crippen LogP contribution in [0.5, 0.6) is 0 Å². The van der Waals surface area contributed by atoms with Gasteiger partial charge in [0.1, 0.15) is 5.52 Å². The number of hydrogen-bond donors (Lipinski definition) is 3. The van der Waals surface area contributed by atoms with Crippen LogP contribution in [-0.2, 0) is 10.0 Å². The van der Waals surface area contributed by atoms with Crippen LogP contribution in [0, 0.1) is 6.92 Å². The fourth-order valence-corrected chi connectivity index (χ4v) is 4.12. The summed E-state index contributed by atoms with van der Waals surface area (Å²) in [4.78, 5) is 27.5. The lowest BCUT2D eigenvalue weighted by Gasteiger charge is -2.05. The van der Waals surface area contributed by atoms with Gasteiger partial charge in [-0.15, -0.1) is 0 Å². The fraction of sp³-hybridized carbons (Fsp3) is 0.111. The summed E-state index contributed by atoms with van der Waals surface area (Å²) in [5.41, 5.74) is 0.873. The van der Waals surface area contributed by atoms with Gasteiger partial charge in [-0.3, -0.25) is 4.79 Å². The van der Waals surface area contributed by atoms with Crippen molar-refractivity contribution in [2.75, 3.05) is 4.72 Å². The van der Waals surface area contributed by atoms with Crippen LogP contribution in [0.25, 0.3) is 11.2 Å². The summed E-state index contributed by atoms with van der Waals surface area (Å²) in [5.74, 6) is -0.222. The summed E-state index contributed by atoms with van der Waals surface area (Å²) in [7, 11) is -3.98. The van der Waals surface area contributed by atoms with E-state index in [1.807, 2.05) is 0 Å². The largest absolute Gasteiger partial charge is 0.341 e. The average molecular weight is 347 g/mol. The molecule has 110 valence electrons. The lowest BCUT2D eigenvalue weighted by atomic mass is 10.6. The van der Waals surface area contributed by atoms with Crippen LogP contribution in [0.2, 0.25) is 5.15 Å². The van der Waals surface area contributed by atoms with Crippen molar-refractivity contribution in [3.8, 4) is 0 Å². The number of aromatic nitrogens is 5. The number of aryl methyl sites for hydroxylation is 1. The number of halogens is 1. The Hall–Kier alpha value is -1.98. The number of H-pyrrole nitrogens is 2. The van der Waals surface area contributed by atoms with Crippen molar-refractivity contribution in [2.45, 2.75) is 11.1 Å². The van der Waals surface area contributed by atoms with E-state index in [0.29, 0.717) is 16.9 Å². The monoisotopic (exact) mass is 346 g/mol. The summed E-state index contributed by atoms with van der Waals surface area (Å²) in [6.07, 6.45) is 1.37. The third kappa shape index (κ3) is 2.50. The van der Waals surface area contributed by atoms with Gasteiger partial charge < -0.3 is 9.97 Å². The number of aromatic amines is 2. The Morgan fingerprint density at radius 1 is 1.38 bits per heavy atom. The molecular weight excluding hydrogens is 340 g/mol. The second-order valence-electron chi connectivity index (χ2n) is 3.97. The molecule has 3 aromatic heterocycles. The van der Waals surface area contributed by atoms with Crippen LogP contribution < -0.4 is 9.60 Å². The molecule has 0 radical (unpaired) electrons. The standard InChI is InChI=1S/C9H7ClN6O3S2/c1-3-7(20-9(17)13-3)21(18,19)16-8-14-5(10)4-6(15-8)12-2-11-4/h2H,1H3,(H,13,17)(H2,11,12,14,15,16). The summed E-state index contributed by atoms with van der Waals surface area (Å²) < 4.78 is 26.5. The minimum atomic E-state index is -3.98. The Bertz CT molecular complexity index is 988. The molecule has 3 aromatic rings. The van der Waals surface area contributed by atoms with Gasteiger partial charge in [0.2, 0.25) is 5.95 Å². The fourth-order valence-electron chi connectivity index (χ4n) is 1.66. The second kappa shape index (κ2) is 4.79. The molecule has 3 heterocycles. The molecule has 0 saturated carbocycles.